The minimum atomic E-state index is -3.55. The first-order chi connectivity index (χ1) is 8.86. The second-order valence-corrected chi connectivity index (χ2v) is 6.24. The molecule has 5 N–H and O–H groups in total. The fraction of sp³-hybridized carbons (Fsp3) is 0.500. The maximum atomic E-state index is 11.9. The molecule has 0 radical (unpaired) electrons. The summed E-state index contributed by atoms with van der Waals surface area (Å²) in [4.78, 5) is 0.132. The molecule has 0 aromatic heterocycles. The van der Waals surface area contributed by atoms with Crippen LogP contribution in [0, 0.1) is 0 Å². The van der Waals surface area contributed by atoms with E-state index in [1.54, 1.807) is 19.1 Å². The predicted octanol–water partition coefficient (Wildman–Crippen LogP) is 0.750. The molecule has 0 aliphatic rings. The lowest BCUT2D eigenvalue weighted by Crippen LogP contribution is -2.20. The maximum Gasteiger partial charge on any atom is 0.242 e. The van der Waals surface area contributed by atoms with Crippen molar-refractivity contribution in [3.05, 3.63) is 18.2 Å². The van der Waals surface area contributed by atoms with Crippen molar-refractivity contribution in [3.8, 4) is 0 Å². The van der Waals surface area contributed by atoms with Gasteiger partial charge in [-0.15, -0.1) is 0 Å². The summed E-state index contributed by atoms with van der Waals surface area (Å²) in [5.74, 6) is 0. The second kappa shape index (κ2) is 6.74. The fourth-order valence-electron chi connectivity index (χ4n) is 1.64. The minimum absolute atomic E-state index is 0.132. The van der Waals surface area contributed by atoms with Gasteiger partial charge in [0, 0.05) is 12.2 Å². The molecule has 0 fully saturated rings. The monoisotopic (exact) mass is 287 g/mol. The topological polar surface area (TPSA) is 104 Å². The van der Waals surface area contributed by atoms with Crippen LogP contribution >= 0.6 is 0 Å². The van der Waals surface area contributed by atoms with Gasteiger partial charge in [0.25, 0.3) is 0 Å². The molecular formula is C12H21N3O3S. The van der Waals surface area contributed by atoms with Crippen LogP contribution in [0.4, 0.5) is 11.4 Å². The molecule has 108 valence electrons. The van der Waals surface area contributed by atoms with Crippen LogP contribution in [-0.2, 0) is 10.0 Å². The van der Waals surface area contributed by atoms with Gasteiger partial charge in [-0.05, 0) is 45.0 Å². The number of hydrogen-bond donors (Lipinski definition) is 4. The third kappa shape index (κ3) is 4.70. The summed E-state index contributed by atoms with van der Waals surface area (Å²) in [7, 11) is -2.19. The van der Waals surface area contributed by atoms with Gasteiger partial charge in [-0.2, -0.15) is 0 Å². The Bertz CT molecular complexity index is 515. The first kappa shape index (κ1) is 15.7. The van der Waals surface area contributed by atoms with Crippen LogP contribution in [0.5, 0.6) is 0 Å². The molecule has 0 amide bonds. The Kier molecular flexibility index (Phi) is 5.59. The van der Waals surface area contributed by atoms with Gasteiger partial charge in [-0.1, -0.05) is 0 Å². The molecule has 0 heterocycles. The SMILES string of the molecule is CNS(=O)(=O)c1cc(N)ccc1NCCCC(C)O. The Morgan fingerprint density at radius 1 is 1.42 bits per heavy atom. The molecule has 0 saturated heterocycles. The zero-order valence-electron chi connectivity index (χ0n) is 11.2. The van der Waals surface area contributed by atoms with Crippen LogP contribution in [0.25, 0.3) is 0 Å². The third-order valence-corrected chi connectivity index (χ3v) is 4.13. The molecule has 1 unspecified atom stereocenters. The van der Waals surface area contributed by atoms with Crippen LogP contribution < -0.4 is 15.8 Å². The van der Waals surface area contributed by atoms with Crippen molar-refractivity contribution in [3.63, 3.8) is 0 Å². The van der Waals surface area contributed by atoms with E-state index in [0.717, 1.165) is 6.42 Å². The highest BCUT2D eigenvalue weighted by Crippen LogP contribution is 2.23. The lowest BCUT2D eigenvalue weighted by Gasteiger charge is -2.13. The molecular weight excluding hydrogens is 266 g/mol. The Hall–Kier alpha value is -1.31. The highest BCUT2D eigenvalue weighted by atomic mass is 32.2. The van der Waals surface area contributed by atoms with E-state index in [1.807, 2.05) is 0 Å². The number of sulfonamides is 1. The van der Waals surface area contributed by atoms with Crippen LogP contribution in [-0.4, -0.2) is 33.2 Å². The van der Waals surface area contributed by atoms with Crippen molar-refractivity contribution < 1.29 is 13.5 Å². The largest absolute Gasteiger partial charge is 0.399 e. The number of aliphatic hydroxyl groups is 1. The van der Waals surface area contributed by atoms with Crippen LogP contribution in [0.2, 0.25) is 0 Å². The molecule has 1 aromatic carbocycles. The summed E-state index contributed by atoms with van der Waals surface area (Å²) in [5, 5.41) is 12.2. The van der Waals surface area contributed by atoms with Crippen LogP contribution in [0.3, 0.4) is 0 Å². The van der Waals surface area contributed by atoms with Crippen molar-refractivity contribution >= 4 is 21.4 Å². The van der Waals surface area contributed by atoms with E-state index in [0.29, 0.717) is 24.3 Å². The second-order valence-electron chi connectivity index (χ2n) is 4.38. The quantitative estimate of drug-likeness (QED) is 0.437. The van der Waals surface area contributed by atoms with Crippen LogP contribution in [0.15, 0.2) is 23.1 Å². The first-order valence-corrected chi connectivity index (χ1v) is 7.60. The van der Waals surface area contributed by atoms with Crippen molar-refractivity contribution in [2.75, 3.05) is 24.6 Å². The molecule has 1 rings (SSSR count). The number of benzene rings is 1. The third-order valence-electron chi connectivity index (χ3n) is 2.68. The zero-order chi connectivity index (χ0) is 14.5. The molecule has 1 atom stereocenters. The Morgan fingerprint density at radius 3 is 2.68 bits per heavy atom. The molecule has 0 spiro atoms. The number of aliphatic hydroxyl groups excluding tert-OH is 1. The Morgan fingerprint density at radius 2 is 2.11 bits per heavy atom. The smallest absolute Gasteiger partial charge is 0.242 e. The van der Waals surface area contributed by atoms with Gasteiger partial charge in [0.15, 0.2) is 0 Å². The van der Waals surface area contributed by atoms with Crippen molar-refractivity contribution in [2.24, 2.45) is 0 Å². The van der Waals surface area contributed by atoms with E-state index in [1.165, 1.54) is 13.1 Å². The number of hydrogen-bond acceptors (Lipinski definition) is 5. The highest BCUT2D eigenvalue weighted by Gasteiger charge is 2.16. The summed E-state index contributed by atoms with van der Waals surface area (Å²) in [5.41, 5.74) is 6.52. The Balaban J connectivity index is 2.83. The van der Waals surface area contributed by atoms with Crippen LogP contribution in [0.1, 0.15) is 19.8 Å². The van der Waals surface area contributed by atoms with Gasteiger partial charge in [0.2, 0.25) is 10.0 Å². The van der Waals surface area contributed by atoms with E-state index in [4.69, 9.17) is 10.8 Å². The maximum absolute atomic E-state index is 11.9. The Labute approximate surface area is 114 Å². The number of rotatable bonds is 7. The number of nitrogens with one attached hydrogen (secondary N) is 2. The average Bonchev–Trinajstić information content (AvgIpc) is 2.35. The zero-order valence-corrected chi connectivity index (χ0v) is 12.0. The number of nitrogens with two attached hydrogens (primary N) is 1. The molecule has 0 aliphatic carbocycles. The molecule has 19 heavy (non-hydrogen) atoms. The molecule has 0 saturated carbocycles. The molecule has 0 bridgehead atoms. The van der Waals surface area contributed by atoms with Gasteiger partial charge >= 0.3 is 0 Å². The summed E-state index contributed by atoms with van der Waals surface area (Å²) in [6, 6.07) is 4.70. The van der Waals surface area contributed by atoms with E-state index < -0.39 is 10.0 Å². The van der Waals surface area contributed by atoms with Gasteiger partial charge in [0.05, 0.1) is 11.8 Å². The normalized spacial score (nSPS) is 13.2. The van der Waals surface area contributed by atoms with E-state index in [9.17, 15) is 8.42 Å². The highest BCUT2D eigenvalue weighted by molar-refractivity contribution is 7.89. The standard InChI is InChI=1S/C12H21N3O3S/c1-9(16)4-3-7-15-11-6-5-10(13)8-12(11)19(17,18)14-2/h5-6,8-9,14-16H,3-4,7,13H2,1-2H3. The fourth-order valence-corrected chi connectivity index (χ4v) is 2.58. The summed E-state index contributed by atoms with van der Waals surface area (Å²) in [6.07, 6.45) is 1.06. The van der Waals surface area contributed by atoms with Gasteiger partial charge in [-0.3, -0.25) is 0 Å². The van der Waals surface area contributed by atoms with Crippen molar-refractivity contribution in [1.29, 1.82) is 0 Å². The summed E-state index contributed by atoms with van der Waals surface area (Å²) < 4.78 is 26.0. The average molecular weight is 287 g/mol. The number of nitrogen functional groups attached to an aromatic ring is 1. The lowest BCUT2D eigenvalue weighted by molar-refractivity contribution is 0.183. The summed E-state index contributed by atoms with van der Waals surface area (Å²) >= 11 is 0. The molecule has 7 heteroatoms. The van der Waals surface area contributed by atoms with E-state index in [2.05, 4.69) is 10.0 Å². The number of anilines is 2. The van der Waals surface area contributed by atoms with Gasteiger partial charge in [-0.25, -0.2) is 13.1 Å². The van der Waals surface area contributed by atoms with E-state index in [-0.39, 0.29) is 11.0 Å². The van der Waals surface area contributed by atoms with E-state index >= 15 is 0 Å². The minimum Gasteiger partial charge on any atom is -0.399 e. The first-order valence-electron chi connectivity index (χ1n) is 6.12. The lowest BCUT2D eigenvalue weighted by atomic mass is 10.2. The molecule has 0 aliphatic heterocycles. The summed E-state index contributed by atoms with van der Waals surface area (Å²) in [6.45, 7) is 2.31. The predicted molar refractivity (Wildman–Crippen MR) is 76.5 cm³/mol. The van der Waals surface area contributed by atoms with Crippen molar-refractivity contribution in [2.45, 2.75) is 30.8 Å². The molecule has 1 aromatic rings. The molecule has 6 nitrogen and oxygen atoms in total. The van der Waals surface area contributed by atoms with Crippen molar-refractivity contribution in [1.82, 2.24) is 4.72 Å². The van der Waals surface area contributed by atoms with Gasteiger partial charge < -0.3 is 16.2 Å². The van der Waals surface area contributed by atoms with Gasteiger partial charge in [0.1, 0.15) is 4.90 Å².